The molecule has 0 rings (SSSR count). The molecular weight excluding hydrogens is 272 g/mol. The van der Waals surface area contributed by atoms with Gasteiger partial charge in [0.05, 0.1) is 5.92 Å². The summed E-state index contributed by atoms with van der Waals surface area (Å²) in [4.78, 5) is 34.3. The van der Waals surface area contributed by atoms with Gasteiger partial charge in [-0.05, 0) is 12.3 Å². The van der Waals surface area contributed by atoms with Gasteiger partial charge in [0.1, 0.15) is 0 Å². The van der Waals surface area contributed by atoms with E-state index >= 15 is 0 Å². The summed E-state index contributed by atoms with van der Waals surface area (Å²) in [6.07, 6.45) is 0.673. The molecule has 0 aromatic rings. The molecule has 1 atom stereocenters. The maximum absolute atomic E-state index is 11.6. The van der Waals surface area contributed by atoms with Gasteiger partial charge >= 0.3 is 5.97 Å². The highest BCUT2D eigenvalue weighted by Crippen LogP contribution is 2.12. The van der Waals surface area contributed by atoms with E-state index in [2.05, 4.69) is 10.6 Å². The van der Waals surface area contributed by atoms with Crippen LogP contribution in [0.5, 0.6) is 0 Å². The number of carboxylic acids is 1. The van der Waals surface area contributed by atoms with Gasteiger partial charge in [-0.25, -0.2) is 0 Å². The Morgan fingerprint density at radius 1 is 1.10 bits per heavy atom. The number of amides is 2. The number of hydrogen-bond acceptors (Lipinski definition) is 3. The quantitative estimate of drug-likeness (QED) is 0.631. The summed E-state index contributed by atoms with van der Waals surface area (Å²) in [6.45, 7) is 9.66. The van der Waals surface area contributed by atoms with Gasteiger partial charge in [-0.2, -0.15) is 0 Å². The molecule has 0 aliphatic carbocycles. The predicted molar refractivity (Wildman–Crippen MR) is 80.7 cm³/mol. The fourth-order valence-electron chi connectivity index (χ4n) is 1.72. The van der Waals surface area contributed by atoms with E-state index in [1.54, 1.807) is 20.8 Å². The van der Waals surface area contributed by atoms with Crippen LogP contribution in [0.15, 0.2) is 0 Å². The first kappa shape index (κ1) is 19.4. The van der Waals surface area contributed by atoms with Crippen molar-refractivity contribution < 1.29 is 19.5 Å². The molecule has 122 valence electrons. The van der Waals surface area contributed by atoms with E-state index in [9.17, 15) is 14.4 Å². The second-order valence-corrected chi connectivity index (χ2v) is 6.72. The van der Waals surface area contributed by atoms with Crippen molar-refractivity contribution >= 4 is 17.8 Å². The summed E-state index contributed by atoms with van der Waals surface area (Å²) in [5.74, 6) is -1.57. The standard InChI is InChI=1S/C15H28N2O4/c1-10(2)8-11(13(19)20)9-17-12(18)6-7-16-14(21)15(3,4)5/h10-11H,6-9H2,1-5H3,(H,16,21)(H,17,18)(H,19,20). The molecule has 0 aromatic heterocycles. The highest BCUT2D eigenvalue weighted by Gasteiger charge is 2.21. The van der Waals surface area contributed by atoms with E-state index in [1.807, 2.05) is 13.8 Å². The summed E-state index contributed by atoms with van der Waals surface area (Å²) >= 11 is 0. The molecule has 0 saturated heterocycles. The summed E-state index contributed by atoms with van der Waals surface area (Å²) < 4.78 is 0. The fourth-order valence-corrected chi connectivity index (χ4v) is 1.72. The van der Waals surface area contributed by atoms with Crippen molar-refractivity contribution in [2.45, 2.75) is 47.5 Å². The average Bonchev–Trinajstić information content (AvgIpc) is 2.32. The summed E-state index contributed by atoms with van der Waals surface area (Å²) in [5.41, 5.74) is -0.484. The minimum atomic E-state index is -0.898. The molecule has 0 radical (unpaired) electrons. The molecule has 0 spiro atoms. The molecule has 21 heavy (non-hydrogen) atoms. The van der Waals surface area contributed by atoms with E-state index in [4.69, 9.17) is 5.11 Å². The van der Waals surface area contributed by atoms with Crippen LogP contribution in [0.25, 0.3) is 0 Å². The molecule has 0 aliphatic heterocycles. The summed E-state index contributed by atoms with van der Waals surface area (Å²) in [7, 11) is 0. The molecule has 6 heteroatoms. The van der Waals surface area contributed by atoms with E-state index in [1.165, 1.54) is 0 Å². The molecule has 0 aliphatic rings. The van der Waals surface area contributed by atoms with Crippen molar-refractivity contribution in [1.29, 1.82) is 0 Å². The van der Waals surface area contributed by atoms with Crippen molar-refractivity contribution in [3.63, 3.8) is 0 Å². The maximum Gasteiger partial charge on any atom is 0.308 e. The third-order valence-corrected chi connectivity index (χ3v) is 2.97. The number of carbonyl (C=O) groups excluding carboxylic acids is 2. The van der Waals surface area contributed by atoms with Crippen LogP contribution in [0.1, 0.15) is 47.5 Å². The van der Waals surface area contributed by atoms with Crippen LogP contribution >= 0.6 is 0 Å². The van der Waals surface area contributed by atoms with E-state index < -0.39 is 17.3 Å². The van der Waals surface area contributed by atoms with Gasteiger partial charge in [0.2, 0.25) is 11.8 Å². The topological polar surface area (TPSA) is 95.5 Å². The van der Waals surface area contributed by atoms with Crippen LogP contribution < -0.4 is 10.6 Å². The predicted octanol–water partition coefficient (Wildman–Crippen LogP) is 1.40. The van der Waals surface area contributed by atoms with Crippen molar-refractivity contribution in [2.75, 3.05) is 13.1 Å². The number of aliphatic carboxylic acids is 1. The van der Waals surface area contributed by atoms with Gasteiger partial charge in [-0.15, -0.1) is 0 Å². The first-order chi connectivity index (χ1) is 9.54. The smallest absolute Gasteiger partial charge is 0.308 e. The Bertz CT molecular complexity index is 372. The van der Waals surface area contributed by atoms with E-state index in [-0.39, 0.29) is 37.2 Å². The maximum atomic E-state index is 11.6. The third-order valence-electron chi connectivity index (χ3n) is 2.97. The third kappa shape index (κ3) is 9.05. The van der Waals surface area contributed by atoms with Crippen molar-refractivity contribution in [1.82, 2.24) is 10.6 Å². The molecule has 1 unspecified atom stereocenters. The highest BCUT2D eigenvalue weighted by atomic mass is 16.4. The lowest BCUT2D eigenvalue weighted by molar-refractivity contribution is -0.142. The first-order valence-corrected chi connectivity index (χ1v) is 7.31. The Hall–Kier alpha value is -1.59. The Morgan fingerprint density at radius 3 is 2.10 bits per heavy atom. The number of nitrogens with one attached hydrogen (secondary N) is 2. The molecular formula is C15H28N2O4. The van der Waals surface area contributed by atoms with Crippen molar-refractivity contribution in [3.05, 3.63) is 0 Å². The van der Waals surface area contributed by atoms with Crippen LogP contribution in [0.4, 0.5) is 0 Å². The zero-order chi connectivity index (χ0) is 16.6. The Labute approximate surface area is 126 Å². The van der Waals surface area contributed by atoms with Crippen LogP contribution in [0, 0.1) is 17.3 Å². The van der Waals surface area contributed by atoms with Gasteiger partial charge in [0.15, 0.2) is 0 Å². The molecule has 0 fully saturated rings. The van der Waals surface area contributed by atoms with Crippen molar-refractivity contribution in [3.8, 4) is 0 Å². The lowest BCUT2D eigenvalue weighted by atomic mass is 9.96. The van der Waals surface area contributed by atoms with Gasteiger partial charge in [-0.3, -0.25) is 14.4 Å². The van der Waals surface area contributed by atoms with Gasteiger partial charge in [0.25, 0.3) is 0 Å². The van der Waals surface area contributed by atoms with E-state index in [0.29, 0.717) is 6.42 Å². The highest BCUT2D eigenvalue weighted by molar-refractivity contribution is 5.82. The molecule has 3 N–H and O–H groups in total. The largest absolute Gasteiger partial charge is 0.481 e. The number of carboxylic acid groups (broad SMARTS) is 1. The molecule has 0 heterocycles. The number of carbonyl (C=O) groups is 3. The minimum Gasteiger partial charge on any atom is -0.481 e. The Kier molecular flexibility index (Phi) is 7.99. The zero-order valence-corrected chi connectivity index (χ0v) is 13.7. The van der Waals surface area contributed by atoms with Crippen molar-refractivity contribution in [2.24, 2.45) is 17.3 Å². The molecule has 2 amide bonds. The van der Waals surface area contributed by atoms with Crippen LogP contribution in [-0.2, 0) is 14.4 Å². The molecule has 0 saturated carbocycles. The minimum absolute atomic E-state index is 0.112. The van der Waals surface area contributed by atoms with Crippen LogP contribution in [0.3, 0.4) is 0 Å². The lowest BCUT2D eigenvalue weighted by Gasteiger charge is -2.18. The van der Waals surface area contributed by atoms with E-state index in [0.717, 1.165) is 0 Å². The average molecular weight is 300 g/mol. The van der Waals surface area contributed by atoms with Gasteiger partial charge in [0, 0.05) is 24.9 Å². The van der Waals surface area contributed by atoms with Crippen LogP contribution in [0.2, 0.25) is 0 Å². The van der Waals surface area contributed by atoms with Gasteiger partial charge < -0.3 is 15.7 Å². The fraction of sp³-hybridized carbons (Fsp3) is 0.800. The SMILES string of the molecule is CC(C)CC(CNC(=O)CCNC(=O)C(C)(C)C)C(=O)O. The Balaban J connectivity index is 4.04. The first-order valence-electron chi connectivity index (χ1n) is 7.31. The van der Waals surface area contributed by atoms with Crippen LogP contribution in [-0.4, -0.2) is 36.0 Å². The zero-order valence-electron chi connectivity index (χ0n) is 13.7. The lowest BCUT2D eigenvalue weighted by Crippen LogP contribution is -2.38. The summed E-state index contributed by atoms with van der Waals surface area (Å²) in [6, 6.07) is 0. The molecule has 0 aromatic carbocycles. The normalized spacial score (nSPS) is 12.9. The monoisotopic (exact) mass is 300 g/mol. The molecule has 6 nitrogen and oxygen atoms in total. The molecule has 0 bridgehead atoms. The summed E-state index contributed by atoms with van der Waals surface area (Å²) in [5, 5.41) is 14.4. The second-order valence-electron chi connectivity index (χ2n) is 6.72. The number of hydrogen-bond donors (Lipinski definition) is 3. The Morgan fingerprint density at radius 2 is 1.67 bits per heavy atom. The number of rotatable bonds is 8. The second kappa shape index (κ2) is 8.64. The van der Waals surface area contributed by atoms with Gasteiger partial charge in [-0.1, -0.05) is 34.6 Å².